The van der Waals surface area contributed by atoms with Gasteiger partial charge in [0.1, 0.15) is 5.75 Å². The first-order valence-electron chi connectivity index (χ1n) is 9.90. The summed E-state index contributed by atoms with van der Waals surface area (Å²) >= 11 is 0. The molecule has 0 aliphatic heterocycles. The van der Waals surface area contributed by atoms with Gasteiger partial charge in [0.25, 0.3) is 0 Å². The Kier molecular flexibility index (Phi) is 7.81. The van der Waals surface area contributed by atoms with Gasteiger partial charge in [0, 0.05) is 17.2 Å². The molecule has 1 aliphatic carbocycles. The number of fused-ring (bicyclic) bond motifs is 3. The fraction of sp³-hybridized carbons (Fsp3) is 0.375. The van der Waals surface area contributed by atoms with Crippen molar-refractivity contribution in [2.24, 2.45) is 0 Å². The second kappa shape index (κ2) is 10.1. The van der Waals surface area contributed by atoms with Crippen molar-refractivity contribution in [1.82, 2.24) is 5.32 Å². The zero-order chi connectivity index (χ0) is 19.8. The smallest absolute Gasteiger partial charge is 0.194 e. The zero-order valence-electron chi connectivity index (χ0n) is 17.0. The summed E-state index contributed by atoms with van der Waals surface area (Å²) in [6.07, 6.45) is 3.53. The highest BCUT2D eigenvalue weighted by atomic mass is 16.5. The molecule has 0 heterocycles. The second-order valence-corrected chi connectivity index (χ2v) is 6.68. The van der Waals surface area contributed by atoms with Gasteiger partial charge in [-0.15, -0.1) is 6.58 Å². The fourth-order valence-electron chi connectivity index (χ4n) is 3.19. The minimum atomic E-state index is 0.0853. The van der Waals surface area contributed by atoms with Crippen LogP contribution < -0.4 is 10.1 Å². The molecule has 1 aliphatic rings. The molecular weight excluding hydrogens is 334 g/mol. The number of allylic oxidation sites excluding steroid dienone is 1. The number of hydrogen-bond donors (Lipinski definition) is 1. The van der Waals surface area contributed by atoms with Gasteiger partial charge in [0.2, 0.25) is 0 Å². The van der Waals surface area contributed by atoms with E-state index in [1.165, 1.54) is 0 Å². The Morgan fingerprint density at radius 1 is 1.07 bits per heavy atom. The average Bonchev–Trinajstić information content (AvgIpc) is 2.95. The fourth-order valence-corrected chi connectivity index (χ4v) is 3.19. The van der Waals surface area contributed by atoms with E-state index in [1.807, 2.05) is 50.3 Å². The summed E-state index contributed by atoms with van der Waals surface area (Å²) in [6.45, 7) is 13.7. The molecule has 3 rings (SSSR count). The van der Waals surface area contributed by atoms with Crippen molar-refractivity contribution in [3.05, 3.63) is 65.7 Å². The molecule has 27 heavy (non-hydrogen) atoms. The van der Waals surface area contributed by atoms with Gasteiger partial charge in [-0.1, -0.05) is 58.0 Å². The second-order valence-electron chi connectivity index (χ2n) is 6.68. The summed E-state index contributed by atoms with van der Waals surface area (Å²) in [6, 6.07) is 12.3. The minimum absolute atomic E-state index is 0.0853. The number of ketones is 1. The van der Waals surface area contributed by atoms with Crippen LogP contribution >= 0.6 is 0 Å². The van der Waals surface area contributed by atoms with E-state index < -0.39 is 0 Å². The molecule has 1 N–H and O–H groups in total. The Morgan fingerprint density at radius 3 is 2.44 bits per heavy atom. The third-order valence-electron chi connectivity index (χ3n) is 4.40. The Hall–Kier alpha value is -2.39. The summed E-state index contributed by atoms with van der Waals surface area (Å²) < 4.78 is 6.00. The highest BCUT2D eigenvalue weighted by Gasteiger charge is 2.27. The van der Waals surface area contributed by atoms with Gasteiger partial charge in [-0.05, 0) is 48.2 Å². The van der Waals surface area contributed by atoms with E-state index in [1.54, 1.807) is 0 Å². The molecule has 0 fully saturated rings. The van der Waals surface area contributed by atoms with Crippen LogP contribution in [0.1, 0.15) is 55.6 Å². The van der Waals surface area contributed by atoms with E-state index in [-0.39, 0.29) is 5.78 Å². The first-order valence-corrected chi connectivity index (χ1v) is 9.90. The zero-order valence-corrected chi connectivity index (χ0v) is 17.0. The normalized spacial score (nSPS) is 11.5. The van der Waals surface area contributed by atoms with Gasteiger partial charge in [0.05, 0.1) is 6.61 Å². The van der Waals surface area contributed by atoms with Crippen molar-refractivity contribution in [2.45, 2.75) is 46.6 Å². The maximum absolute atomic E-state index is 12.7. The van der Waals surface area contributed by atoms with Gasteiger partial charge in [-0.2, -0.15) is 0 Å². The number of benzene rings is 2. The highest BCUT2D eigenvalue weighted by Crippen LogP contribution is 2.40. The largest absolute Gasteiger partial charge is 0.493 e. The van der Waals surface area contributed by atoms with Crippen LogP contribution in [0.15, 0.2) is 49.1 Å². The van der Waals surface area contributed by atoms with Crippen LogP contribution in [0, 0.1) is 0 Å². The molecule has 3 heteroatoms. The highest BCUT2D eigenvalue weighted by molar-refractivity contribution is 6.21. The monoisotopic (exact) mass is 365 g/mol. The van der Waals surface area contributed by atoms with Crippen LogP contribution in [-0.2, 0) is 6.42 Å². The lowest BCUT2D eigenvalue weighted by Gasteiger charge is -2.14. The predicted octanol–water partition coefficient (Wildman–Crippen LogP) is 5.42. The van der Waals surface area contributed by atoms with Gasteiger partial charge < -0.3 is 10.1 Å². The average molecular weight is 366 g/mol. The van der Waals surface area contributed by atoms with Gasteiger partial charge in [-0.3, -0.25) is 4.79 Å². The molecule has 0 amide bonds. The number of hydrogen-bond acceptors (Lipinski definition) is 3. The van der Waals surface area contributed by atoms with E-state index in [4.69, 9.17) is 4.74 Å². The maximum Gasteiger partial charge on any atom is 0.194 e. The number of ether oxygens (including phenoxy) is 1. The third kappa shape index (κ3) is 4.86. The van der Waals surface area contributed by atoms with Crippen LogP contribution in [0.5, 0.6) is 5.75 Å². The van der Waals surface area contributed by atoms with Crippen LogP contribution in [0.3, 0.4) is 0 Å². The molecule has 2 aromatic carbocycles. The molecular formula is C24H31NO2. The summed E-state index contributed by atoms with van der Waals surface area (Å²) in [7, 11) is 0. The van der Waals surface area contributed by atoms with Crippen molar-refractivity contribution in [3.8, 4) is 16.9 Å². The van der Waals surface area contributed by atoms with Crippen molar-refractivity contribution in [1.29, 1.82) is 0 Å². The van der Waals surface area contributed by atoms with Gasteiger partial charge in [-0.25, -0.2) is 0 Å². The minimum Gasteiger partial charge on any atom is -0.493 e. The lowest BCUT2D eigenvalue weighted by atomic mass is 10.0. The predicted molar refractivity (Wildman–Crippen MR) is 114 cm³/mol. The number of nitrogens with one attached hydrogen (secondary N) is 1. The van der Waals surface area contributed by atoms with E-state index in [0.29, 0.717) is 12.6 Å². The molecule has 0 saturated carbocycles. The first kappa shape index (κ1) is 20.9. The standard InChI is InChI=1S/C22H25NO2.C2H6/c1-4-8-16-13-19-17-9-5-6-10-18(17)22(24)20(19)14-21(16)25-12-7-11-23-15(2)3;1-2/h4-6,9-10,13-15,23H,1,7-8,11-12H2,2-3H3;1-2H3. The lowest BCUT2D eigenvalue weighted by molar-refractivity contribution is 0.104. The Labute approximate surface area is 163 Å². The van der Waals surface area contributed by atoms with Crippen LogP contribution in [0.4, 0.5) is 0 Å². The third-order valence-corrected chi connectivity index (χ3v) is 4.40. The van der Waals surface area contributed by atoms with Crippen LogP contribution in [0.25, 0.3) is 11.1 Å². The van der Waals surface area contributed by atoms with E-state index in [2.05, 4.69) is 31.8 Å². The summed E-state index contributed by atoms with van der Waals surface area (Å²) in [5.74, 6) is 0.881. The van der Waals surface area contributed by atoms with E-state index >= 15 is 0 Å². The molecule has 0 saturated heterocycles. The van der Waals surface area contributed by atoms with E-state index in [0.717, 1.165) is 53.0 Å². The molecule has 3 nitrogen and oxygen atoms in total. The molecule has 0 unspecified atom stereocenters. The Morgan fingerprint density at radius 2 is 1.78 bits per heavy atom. The van der Waals surface area contributed by atoms with Crippen molar-refractivity contribution < 1.29 is 9.53 Å². The molecule has 0 bridgehead atoms. The lowest BCUT2D eigenvalue weighted by Crippen LogP contribution is -2.24. The van der Waals surface area contributed by atoms with Crippen LogP contribution in [-0.4, -0.2) is 25.0 Å². The van der Waals surface area contributed by atoms with Crippen LogP contribution in [0.2, 0.25) is 0 Å². The molecule has 0 spiro atoms. The number of carbonyl (C=O) groups excluding carboxylic acids is 1. The Balaban J connectivity index is 0.00000126. The van der Waals surface area contributed by atoms with Crippen molar-refractivity contribution >= 4 is 5.78 Å². The van der Waals surface area contributed by atoms with Crippen molar-refractivity contribution in [2.75, 3.05) is 13.2 Å². The topological polar surface area (TPSA) is 38.3 Å². The van der Waals surface area contributed by atoms with Gasteiger partial charge >= 0.3 is 0 Å². The molecule has 0 radical (unpaired) electrons. The summed E-state index contributed by atoms with van der Waals surface area (Å²) in [4.78, 5) is 12.7. The van der Waals surface area contributed by atoms with E-state index in [9.17, 15) is 4.79 Å². The summed E-state index contributed by atoms with van der Waals surface area (Å²) in [5, 5.41) is 3.38. The molecule has 144 valence electrons. The van der Waals surface area contributed by atoms with Crippen molar-refractivity contribution in [3.63, 3.8) is 0 Å². The number of carbonyl (C=O) groups is 1. The van der Waals surface area contributed by atoms with Gasteiger partial charge in [0.15, 0.2) is 5.78 Å². The molecule has 2 aromatic rings. The Bertz CT molecular complexity index is 793. The quantitative estimate of drug-likeness (QED) is 0.428. The number of rotatable bonds is 8. The summed E-state index contributed by atoms with van der Waals surface area (Å²) in [5.41, 5.74) is 4.62. The SMILES string of the molecule is C=CCc1cc2c(cc1OCCCNC(C)C)C(=O)c1ccccc1-2.CC. The molecule has 0 atom stereocenters. The maximum atomic E-state index is 12.7. The first-order chi connectivity index (χ1) is 13.1. The molecule has 0 aromatic heterocycles.